The Morgan fingerprint density at radius 2 is 2.05 bits per heavy atom. The van der Waals surface area contributed by atoms with Crippen LogP contribution in [0.2, 0.25) is 0 Å². The Morgan fingerprint density at radius 3 is 2.74 bits per heavy atom. The van der Waals surface area contributed by atoms with Crippen molar-refractivity contribution in [3.05, 3.63) is 29.8 Å². The quantitative estimate of drug-likeness (QED) is 0.687. The summed E-state index contributed by atoms with van der Waals surface area (Å²) in [7, 11) is 1.42. The van der Waals surface area contributed by atoms with E-state index in [9.17, 15) is 19.8 Å². The van der Waals surface area contributed by atoms with Crippen molar-refractivity contribution in [1.82, 2.24) is 4.90 Å². The van der Waals surface area contributed by atoms with Gasteiger partial charge in [-0.05, 0) is 11.6 Å². The Morgan fingerprint density at radius 1 is 1.37 bits per heavy atom. The zero-order valence-corrected chi connectivity index (χ0v) is 10.4. The minimum Gasteiger partial charge on any atom is -0.394 e. The van der Waals surface area contributed by atoms with Crippen LogP contribution in [0.5, 0.6) is 0 Å². The van der Waals surface area contributed by atoms with Crippen LogP contribution in [0, 0.1) is 0 Å². The third-order valence-electron chi connectivity index (χ3n) is 3.85. The number of nitrogens with zero attached hydrogens (tertiary/aromatic N) is 2. The molecule has 2 aliphatic rings. The van der Waals surface area contributed by atoms with Gasteiger partial charge >= 0.3 is 0 Å². The third kappa shape index (κ3) is 1.38. The van der Waals surface area contributed by atoms with Gasteiger partial charge < -0.3 is 15.1 Å². The number of amides is 2. The van der Waals surface area contributed by atoms with Crippen molar-refractivity contribution >= 4 is 17.5 Å². The van der Waals surface area contributed by atoms with Crippen LogP contribution in [0.3, 0.4) is 0 Å². The van der Waals surface area contributed by atoms with E-state index in [1.807, 2.05) is 0 Å². The SMILES string of the molecule is CN1C(=O)[C@]2(O)Cc3ccccc3N2C(=O)[C@H]1CO. The van der Waals surface area contributed by atoms with E-state index in [0.717, 1.165) is 15.4 Å². The fourth-order valence-corrected chi connectivity index (χ4v) is 2.83. The Balaban J connectivity index is 2.16. The maximum absolute atomic E-state index is 12.4. The van der Waals surface area contributed by atoms with E-state index in [1.165, 1.54) is 7.05 Å². The lowest BCUT2D eigenvalue weighted by Crippen LogP contribution is -2.71. The molecular weight excluding hydrogens is 248 g/mol. The third-order valence-corrected chi connectivity index (χ3v) is 3.85. The smallest absolute Gasteiger partial charge is 0.277 e. The van der Waals surface area contributed by atoms with Crippen LogP contribution in [-0.2, 0) is 16.0 Å². The maximum atomic E-state index is 12.4. The average Bonchev–Trinajstić information content (AvgIpc) is 2.70. The van der Waals surface area contributed by atoms with Crippen molar-refractivity contribution in [1.29, 1.82) is 0 Å². The van der Waals surface area contributed by atoms with Crippen LogP contribution in [0.4, 0.5) is 5.69 Å². The number of aliphatic hydroxyl groups is 2. The lowest BCUT2D eigenvalue weighted by Gasteiger charge is -2.44. The predicted octanol–water partition coefficient (Wildman–Crippen LogP) is -0.903. The molecule has 1 aromatic carbocycles. The van der Waals surface area contributed by atoms with Gasteiger partial charge in [-0.3, -0.25) is 14.5 Å². The van der Waals surface area contributed by atoms with Crippen molar-refractivity contribution in [2.45, 2.75) is 18.2 Å². The molecule has 2 N–H and O–H groups in total. The zero-order chi connectivity index (χ0) is 13.8. The number of aliphatic hydroxyl groups excluding tert-OH is 1. The minimum atomic E-state index is -1.86. The molecule has 6 nitrogen and oxygen atoms in total. The molecule has 0 radical (unpaired) electrons. The van der Waals surface area contributed by atoms with Gasteiger partial charge in [0.2, 0.25) is 5.72 Å². The number of likely N-dealkylation sites (N-methyl/N-ethyl adjacent to an activating group) is 1. The molecule has 2 amide bonds. The maximum Gasteiger partial charge on any atom is 0.277 e. The molecule has 100 valence electrons. The van der Waals surface area contributed by atoms with Gasteiger partial charge in [0.05, 0.1) is 12.3 Å². The molecule has 0 aliphatic carbocycles. The number of benzene rings is 1. The van der Waals surface area contributed by atoms with Gasteiger partial charge in [-0.15, -0.1) is 0 Å². The summed E-state index contributed by atoms with van der Waals surface area (Å²) in [5, 5.41) is 19.9. The van der Waals surface area contributed by atoms with E-state index < -0.39 is 30.2 Å². The lowest BCUT2D eigenvalue weighted by atomic mass is 10.0. The van der Waals surface area contributed by atoms with Gasteiger partial charge in [0.1, 0.15) is 6.04 Å². The number of fused-ring (bicyclic) bond motifs is 3. The Kier molecular flexibility index (Phi) is 2.42. The van der Waals surface area contributed by atoms with Crippen LogP contribution < -0.4 is 4.90 Å². The van der Waals surface area contributed by atoms with Gasteiger partial charge in [0.25, 0.3) is 11.8 Å². The number of hydrogen-bond acceptors (Lipinski definition) is 4. The first kappa shape index (κ1) is 12.1. The second-order valence-corrected chi connectivity index (χ2v) is 4.91. The molecule has 0 bridgehead atoms. The van der Waals surface area contributed by atoms with E-state index >= 15 is 0 Å². The van der Waals surface area contributed by atoms with Crippen LogP contribution in [0.1, 0.15) is 5.56 Å². The number of carbonyl (C=O) groups excluding carboxylic acids is 2. The molecule has 2 heterocycles. The molecule has 3 rings (SSSR count). The van der Waals surface area contributed by atoms with Gasteiger partial charge in [-0.1, -0.05) is 18.2 Å². The summed E-state index contributed by atoms with van der Waals surface area (Å²) >= 11 is 0. The van der Waals surface area contributed by atoms with Crippen molar-refractivity contribution in [2.75, 3.05) is 18.6 Å². The lowest BCUT2D eigenvalue weighted by molar-refractivity contribution is -0.164. The average molecular weight is 262 g/mol. The Hall–Kier alpha value is -1.92. The largest absolute Gasteiger partial charge is 0.394 e. The molecular formula is C13H14N2O4. The number of hydrogen-bond donors (Lipinski definition) is 2. The first-order valence-electron chi connectivity index (χ1n) is 6.03. The molecule has 0 spiro atoms. The number of piperazine rings is 1. The summed E-state index contributed by atoms with van der Waals surface area (Å²) in [6.45, 7) is -0.462. The highest BCUT2D eigenvalue weighted by Gasteiger charge is 2.58. The molecule has 0 aromatic heterocycles. The van der Waals surface area contributed by atoms with Gasteiger partial charge in [-0.2, -0.15) is 0 Å². The molecule has 1 fully saturated rings. The van der Waals surface area contributed by atoms with Crippen LogP contribution in [-0.4, -0.2) is 52.3 Å². The fraction of sp³-hybridized carbons (Fsp3) is 0.385. The molecule has 0 unspecified atom stereocenters. The molecule has 1 aromatic rings. The van der Waals surface area contributed by atoms with E-state index in [0.29, 0.717) is 5.69 Å². The Bertz CT molecular complexity index is 574. The minimum absolute atomic E-state index is 0.0796. The van der Waals surface area contributed by atoms with Crippen molar-refractivity contribution in [2.24, 2.45) is 0 Å². The van der Waals surface area contributed by atoms with Crippen molar-refractivity contribution in [3.63, 3.8) is 0 Å². The van der Waals surface area contributed by atoms with Gasteiger partial charge in [-0.25, -0.2) is 0 Å². The first-order valence-corrected chi connectivity index (χ1v) is 6.03. The monoisotopic (exact) mass is 262 g/mol. The van der Waals surface area contributed by atoms with E-state index in [4.69, 9.17) is 0 Å². The molecule has 2 atom stereocenters. The highest BCUT2D eigenvalue weighted by Crippen LogP contribution is 2.41. The molecule has 1 saturated heterocycles. The highest BCUT2D eigenvalue weighted by molar-refractivity contribution is 6.11. The Labute approximate surface area is 109 Å². The second kappa shape index (κ2) is 3.79. The van der Waals surface area contributed by atoms with Crippen molar-refractivity contribution in [3.8, 4) is 0 Å². The van der Waals surface area contributed by atoms with Crippen LogP contribution in [0.25, 0.3) is 0 Å². The molecule has 0 saturated carbocycles. The second-order valence-electron chi connectivity index (χ2n) is 4.91. The highest BCUT2D eigenvalue weighted by atomic mass is 16.3. The van der Waals surface area contributed by atoms with Crippen LogP contribution in [0.15, 0.2) is 24.3 Å². The normalized spacial score (nSPS) is 29.5. The van der Waals surface area contributed by atoms with E-state index in [-0.39, 0.29) is 6.42 Å². The van der Waals surface area contributed by atoms with Gasteiger partial charge in [0.15, 0.2) is 0 Å². The summed E-state index contributed by atoms with van der Waals surface area (Å²) < 4.78 is 0. The summed E-state index contributed by atoms with van der Waals surface area (Å²) in [5.74, 6) is -1.03. The zero-order valence-electron chi connectivity index (χ0n) is 10.4. The van der Waals surface area contributed by atoms with E-state index in [1.54, 1.807) is 24.3 Å². The fourth-order valence-electron chi connectivity index (χ4n) is 2.83. The number of para-hydroxylation sites is 1. The first-order chi connectivity index (χ1) is 9.00. The number of carbonyl (C=O) groups is 2. The standard InChI is InChI=1S/C13H14N2O4/c1-14-10(7-16)11(17)15-9-5-3-2-4-8(9)6-13(15,19)12(14)18/h2-5,10,16,19H,6-7H2,1H3/t10-,13-/m1/s1. The molecule has 2 aliphatic heterocycles. The van der Waals surface area contributed by atoms with Crippen LogP contribution >= 0.6 is 0 Å². The van der Waals surface area contributed by atoms with Crippen molar-refractivity contribution < 1.29 is 19.8 Å². The summed E-state index contributed by atoms with van der Waals surface area (Å²) in [6.07, 6.45) is 0.0796. The predicted molar refractivity (Wildman–Crippen MR) is 66.2 cm³/mol. The summed E-state index contributed by atoms with van der Waals surface area (Å²) in [4.78, 5) is 26.9. The molecule has 6 heteroatoms. The topological polar surface area (TPSA) is 81.1 Å². The number of rotatable bonds is 1. The van der Waals surface area contributed by atoms with E-state index in [2.05, 4.69) is 0 Å². The summed E-state index contributed by atoms with van der Waals surface area (Å²) in [6, 6.07) is 6.06. The summed E-state index contributed by atoms with van der Waals surface area (Å²) in [5.41, 5.74) is -0.574. The number of anilines is 1. The molecule has 19 heavy (non-hydrogen) atoms. The van der Waals surface area contributed by atoms with Gasteiger partial charge in [0, 0.05) is 13.5 Å².